The molecule has 3 heteroatoms. The molecule has 1 aliphatic carbocycles. The van der Waals surface area contributed by atoms with E-state index in [9.17, 15) is 4.79 Å². The number of allylic oxidation sites excluding steroid dienone is 2. The second kappa shape index (κ2) is 4.52. The third-order valence-corrected chi connectivity index (χ3v) is 3.11. The predicted octanol–water partition coefficient (Wildman–Crippen LogP) is 2.46. The van der Waals surface area contributed by atoms with Crippen molar-refractivity contribution in [3.05, 3.63) is 24.3 Å². The molecule has 0 aromatic rings. The second-order valence-electron chi connectivity index (χ2n) is 4.71. The lowest BCUT2D eigenvalue weighted by molar-refractivity contribution is -0.144. The average Bonchev–Trinajstić information content (AvgIpc) is 2.77. The molecule has 0 spiro atoms. The highest BCUT2D eigenvalue weighted by Gasteiger charge is 2.61. The number of carbonyl (C=O) groups excluding carboxylic acids is 1. The van der Waals surface area contributed by atoms with Crippen LogP contribution in [0.1, 0.15) is 20.8 Å². The molecule has 0 amide bonds. The van der Waals surface area contributed by atoms with Crippen molar-refractivity contribution in [2.45, 2.75) is 20.8 Å². The first-order valence-corrected chi connectivity index (χ1v) is 5.31. The van der Waals surface area contributed by atoms with Crippen LogP contribution in [0.25, 0.3) is 0 Å². The third-order valence-electron chi connectivity index (χ3n) is 3.11. The quantitative estimate of drug-likeness (QED) is 0.414. The van der Waals surface area contributed by atoms with E-state index >= 15 is 0 Å². The lowest BCUT2D eigenvalue weighted by Crippen LogP contribution is -2.10. The first-order valence-electron chi connectivity index (χ1n) is 5.31. The summed E-state index contributed by atoms with van der Waals surface area (Å²) in [7, 11) is 0. The molecule has 1 fully saturated rings. The fourth-order valence-electron chi connectivity index (χ4n) is 1.98. The fourth-order valence-corrected chi connectivity index (χ4v) is 1.98. The number of rotatable bonds is 4. The minimum Gasteiger partial charge on any atom is -0.461 e. The Morgan fingerprint density at radius 1 is 1.62 bits per heavy atom. The van der Waals surface area contributed by atoms with E-state index in [1.807, 2.05) is 19.9 Å². The van der Waals surface area contributed by atoms with Gasteiger partial charge in [0.15, 0.2) is 0 Å². The smallest absolute Gasteiger partial charge is 0.310 e. The number of hydrogen-bond acceptors (Lipinski definition) is 3. The zero-order chi connectivity index (χ0) is 12.3. The summed E-state index contributed by atoms with van der Waals surface area (Å²) in [6.07, 6.45) is 3.42. The van der Waals surface area contributed by atoms with Gasteiger partial charge in [-0.15, -0.1) is 0 Å². The van der Waals surface area contributed by atoms with Gasteiger partial charge < -0.3 is 4.74 Å². The molecule has 2 atom stereocenters. The molecule has 1 rings (SSSR count). The van der Waals surface area contributed by atoms with Gasteiger partial charge in [0.25, 0.3) is 0 Å². The summed E-state index contributed by atoms with van der Waals surface area (Å²) in [5.74, 6) is -0.211. The highest BCUT2D eigenvalue weighted by molar-refractivity contribution is 5.78. The van der Waals surface area contributed by atoms with Crippen molar-refractivity contribution in [1.29, 1.82) is 5.26 Å². The molecule has 0 radical (unpaired) electrons. The van der Waals surface area contributed by atoms with Gasteiger partial charge >= 0.3 is 5.97 Å². The lowest BCUT2D eigenvalue weighted by Gasteiger charge is -2.02. The molecule has 1 aliphatic rings. The van der Waals surface area contributed by atoms with E-state index in [0.717, 1.165) is 0 Å². The van der Waals surface area contributed by atoms with Crippen molar-refractivity contribution in [3.63, 3.8) is 0 Å². The summed E-state index contributed by atoms with van der Waals surface area (Å²) in [5.41, 5.74) is 0.549. The van der Waals surface area contributed by atoms with E-state index in [4.69, 9.17) is 10.00 Å². The minimum absolute atomic E-state index is 0.101. The molecular weight excluding hydrogens is 202 g/mol. The second-order valence-corrected chi connectivity index (χ2v) is 4.71. The minimum atomic E-state index is -0.197. The highest BCUT2D eigenvalue weighted by Crippen LogP contribution is 2.59. The molecule has 0 saturated heterocycles. The van der Waals surface area contributed by atoms with Crippen molar-refractivity contribution in [1.82, 2.24) is 0 Å². The maximum Gasteiger partial charge on any atom is 0.310 e. The van der Waals surface area contributed by atoms with Crippen molar-refractivity contribution >= 4 is 5.97 Å². The van der Waals surface area contributed by atoms with Crippen LogP contribution in [0.15, 0.2) is 24.3 Å². The third kappa shape index (κ3) is 2.33. The Balaban J connectivity index is 2.68. The van der Waals surface area contributed by atoms with Gasteiger partial charge in [0.05, 0.1) is 12.0 Å². The Bertz CT molecular complexity index is 374. The van der Waals surface area contributed by atoms with Gasteiger partial charge in [-0.2, -0.15) is 5.26 Å². The van der Waals surface area contributed by atoms with Crippen molar-refractivity contribution in [2.75, 3.05) is 6.61 Å². The molecule has 2 unspecified atom stereocenters. The molecule has 0 bridgehead atoms. The van der Waals surface area contributed by atoms with Gasteiger partial charge in [-0.3, -0.25) is 4.79 Å². The SMILES string of the molecule is C=CCOC(=O)C1C(/C=C(\C)C#N)C1(C)C. The molecule has 1 saturated carbocycles. The average molecular weight is 219 g/mol. The Morgan fingerprint density at radius 3 is 2.75 bits per heavy atom. The number of esters is 1. The maximum absolute atomic E-state index is 11.7. The van der Waals surface area contributed by atoms with Crippen LogP contribution in [-0.2, 0) is 9.53 Å². The zero-order valence-electron chi connectivity index (χ0n) is 9.99. The van der Waals surface area contributed by atoms with Crippen LogP contribution in [0, 0.1) is 28.6 Å². The van der Waals surface area contributed by atoms with Gasteiger partial charge in [0.2, 0.25) is 0 Å². The Labute approximate surface area is 96.4 Å². The van der Waals surface area contributed by atoms with Crippen molar-refractivity contribution in [3.8, 4) is 6.07 Å². The highest BCUT2D eigenvalue weighted by atomic mass is 16.5. The molecule has 0 aromatic heterocycles. The zero-order valence-corrected chi connectivity index (χ0v) is 9.99. The Hall–Kier alpha value is -1.56. The van der Waals surface area contributed by atoms with Gasteiger partial charge in [0, 0.05) is 5.57 Å². The normalized spacial score (nSPS) is 26.8. The number of hydrogen-bond donors (Lipinski definition) is 0. The number of nitriles is 1. The number of carbonyl (C=O) groups is 1. The summed E-state index contributed by atoms with van der Waals surface area (Å²) >= 11 is 0. The molecule has 0 N–H and O–H groups in total. The topological polar surface area (TPSA) is 50.1 Å². The molecule has 3 nitrogen and oxygen atoms in total. The van der Waals surface area contributed by atoms with Crippen LogP contribution in [0.5, 0.6) is 0 Å². The van der Waals surface area contributed by atoms with E-state index in [1.165, 1.54) is 0 Å². The Morgan fingerprint density at radius 2 is 2.25 bits per heavy atom. The predicted molar refractivity (Wildman–Crippen MR) is 61.3 cm³/mol. The lowest BCUT2D eigenvalue weighted by atomic mass is 10.1. The van der Waals surface area contributed by atoms with Crippen LogP contribution in [0.3, 0.4) is 0 Å². The summed E-state index contributed by atoms with van der Waals surface area (Å²) in [5, 5.41) is 8.70. The van der Waals surface area contributed by atoms with E-state index in [1.54, 1.807) is 13.0 Å². The number of ether oxygens (including phenoxy) is 1. The monoisotopic (exact) mass is 219 g/mol. The van der Waals surface area contributed by atoms with Crippen LogP contribution >= 0.6 is 0 Å². The van der Waals surface area contributed by atoms with Crippen LogP contribution in [-0.4, -0.2) is 12.6 Å². The molecule has 16 heavy (non-hydrogen) atoms. The molecular formula is C13H17NO2. The fraction of sp³-hybridized carbons (Fsp3) is 0.538. The summed E-state index contributed by atoms with van der Waals surface area (Å²) < 4.78 is 5.03. The standard InChI is InChI=1S/C13H17NO2/c1-5-6-16-12(15)11-10(13(11,3)4)7-9(2)8-14/h5,7,10-11H,1,6H2,2-4H3/b9-7+. The van der Waals surface area contributed by atoms with Crippen molar-refractivity contribution < 1.29 is 9.53 Å². The van der Waals surface area contributed by atoms with E-state index < -0.39 is 0 Å². The maximum atomic E-state index is 11.7. The first kappa shape index (κ1) is 12.5. The van der Waals surface area contributed by atoms with Crippen LogP contribution in [0.2, 0.25) is 0 Å². The van der Waals surface area contributed by atoms with E-state index in [0.29, 0.717) is 5.57 Å². The summed E-state index contributed by atoms with van der Waals surface area (Å²) in [4.78, 5) is 11.7. The number of nitrogens with zero attached hydrogens (tertiary/aromatic N) is 1. The largest absolute Gasteiger partial charge is 0.461 e. The molecule has 86 valence electrons. The summed E-state index contributed by atoms with van der Waals surface area (Å²) in [6.45, 7) is 9.52. The van der Waals surface area contributed by atoms with Gasteiger partial charge in [0.1, 0.15) is 6.61 Å². The molecule has 0 aliphatic heterocycles. The van der Waals surface area contributed by atoms with Gasteiger partial charge in [-0.1, -0.05) is 32.6 Å². The van der Waals surface area contributed by atoms with Crippen LogP contribution < -0.4 is 0 Å². The van der Waals surface area contributed by atoms with Crippen LogP contribution in [0.4, 0.5) is 0 Å². The molecule has 0 heterocycles. The van der Waals surface area contributed by atoms with Gasteiger partial charge in [-0.25, -0.2) is 0 Å². The van der Waals surface area contributed by atoms with Crippen molar-refractivity contribution in [2.24, 2.45) is 17.3 Å². The van der Waals surface area contributed by atoms with Gasteiger partial charge in [-0.05, 0) is 18.3 Å². The summed E-state index contributed by atoms with van der Waals surface area (Å²) in [6, 6.07) is 2.07. The van der Waals surface area contributed by atoms with E-state index in [2.05, 4.69) is 12.6 Å². The Kier molecular flexibility index (Phi) is 3.54. The first-order chi connectivity index (χ1) is 7.45. The molecule has 0 aromatic carbocycles. The van der Waals surface area contributed by atoms with E-state index in [-0.39, 0.29) is 29.8 Å².